The molecule has 3 N–H and O–H groups in total. The van der Waals surface area contributed by atoms with Crippen LogP contribution in [0.15, 0.2) is 23.2 Å². The van der Waals surface area contributed by atoms with E-state index in [0.717, 1.165) is 12.8 Å². The highest BCUT2D eigenvalue weighted by molar-refractivity contribution is 5.98. The van der Waals surface area contributed by atoms with Gasteiger partial charge in [-0.3, -0.25) is 15.1 Å². The van der Waals surface area contributed by atoms with Crippen molar-refractivity contribution >= 4 is 17.2 Å². The van der Waals surface area contributed by atoms with Crippen molar-refractivity contribution in [2.45, 2.75) is 39.7 Å². The molecule has 0 fully saturated rings. The molecule has 0 saturated heterocycles. The number of unbranched alkanes of at least 4 members (excludes halogenated alkanes) is 1. The maximum absolute atomic E-state index is 11.1. The lowest BCUT2D eigenvalue weighted by atomic mass is 10.1. The summed E-state index contributed by atoms with van der Waals surface area (Å²) in [5, 5.41) is 14.2. The molecule has 0 aliphatic carbocycles. The van der Waals surface area contributed by atoms with Crippen LogP contribution in [0.1, 0.15) is 39.2 Å². The van der Waals surface area contributed by atoms with E-state index in [9.17, 15) is 10.1 Å². The van der Waals surface area contributed by atoms with Crippen LogP contribution in [0.25, 0.3) is 0 Å². The van der Waals surface area contributed by atoms with Gasteiger partial charge in [0.1, 0.15) is 11.5 Å². The van der Waals surface area contributed by atoms with Crippen LogP contribution in [0.5, 0.6) is 0 Å². The molecule has 6 heteroatoms. The minimum Gasteiger partial charge on any atom is -0.383 e. The van der Waals surface area contributed by atoms with E-state index in [4.69, 9.17) is 5.73 Å². The molecule has 0 bridgehead atoms. The van der Waals surface area contributed by atoms with Gasteiger partial charge in [-0.15, -0.1) is 0 Å². The highest BCUT2D eigenvalue weighted by atomic mass is 16.6. The Balaban J connectivity index is 3.04. The standard InChI is InChI=1S/C14H22N4O2/c1-4-5-8-16-12-7-6-11(9-13(12)18(19)20)14(15)17-10(2)3/h6-7,9-10,16H,4-5,8H2,1-3H3,(H2,15,17). The fourth-order valence-corrected chi connectivity index (χ4v) is 1.74. The van der Waals surface area contributed by atoms with Crippen molar-refractivity contribution in [3.8, 4) is 0 Å². The van der Waals surface area contributed by atoms with E-state index in [1.807, 2.05) is 13.8 Å². The van der Waals surface area contributed by atoms with Crippen molar-refractivity contribution in [1.82, 2.24) is 0 Å². The molecule has 0 aromatic heterocycles. The number of nitrogens with two attached hydrogens (primary N) is 1. The SMILES string of the molecule is CCCCNc1ccc(C(N)=NC(C)C)cc1[N+](=O)[O-]. The number of rotatable bonds is 7. The lowest BCUT2D eigenvalue weighted by Gasteiger charge is -2.09. The number of nitro benzene ring substituents is 1. The summed E-state index contributed by atoms with van der Waals surface area (Å²) in [5.74, 6) is 0.322. The molecule has 1 aromatic rings. The first kappa shape index (κ1) is 15.9. The normalized spacial score (nSPS) is 11.7. The van der Waals surface area contributed by atoms with Gasteiger partial charge in [-0.05, 0) is 32.4 Å². The van der Waals surface area contributed by atoms with Crippen molar-refractivity contribution in [2.24, 2.45) is 10.7 Å². The zero-order chi connectivity index (χ0) is 15.1. The number of aliphatic imine (C=N–C) groups is 1. The lowest BCUT2D eigenvalue weighted by molar-refractivity contribution is -0.384. The topological polar surface area (TPSA) is 93.5 Å². The van der Waals surface area contributed by atoms with Crippen molar-refractivity contribution in [3.05, 3.63) is 33.9 Å². The first-order valence-electron chi connectivity index (χ1n) is 6.81. The average molecular weight is 278 g/mol. The second-order valence-electron chi connectivity index (χ2n) is 4.88. The van der Waals surface area contributed by atoms with Gasteiger partial charge in [-0.25, -0.2) is 0 Å². The van der Waals surface area contributed by atoms with Crippen LogP contribution in [-0.2, 0) is 0 Å². The number of hydrogen-bond acceptors (Lipinski definition) is 4. The average Bonchev–Trinajstić information content (AvgIpc) is 2.38. The second kappa shape index (κ2) is 7.47. The summed E-state index contributed by atoms with van der Waals surface area (Å²) in [7, 11) is 0. The van der Waals surface area contributed by atoms with Gasteiger partial charge in [0.2, 0.25) is 0 Å². The molecular weight excluding hydrogens is 256 g/mol. The van der Waals surface area contributed by atoms with Crippen molar-refractivity contribution < 1.29 is 4.92 Å². The molecule has 0 radical (unpaired) electrons. The molecule has 0 amide bonds. The van der Waals surface area contributed by atoms with E-state index >= 15 is 0 Å². The molecule has 0 heterocycles. The number of benzene rings is 1. The van der Waals surface area contributed by atoms with Crippen LogP contribution in [-0.4, -0.2) is 23.3 Å². The van der Waals surface area contributed by atoms with E-state index in [-0.39, 0.29) is 11.7 Å². The van der Waals surface area contributed by atoms with E-state index in [0.29, 0.717) is 23.6 Å². The zero-order valence-electron chi connectivity index (χ0n) is 12.2. The molecule has 0 unspecified atom stereocenters. The predicted molar refractivity (Wildman–Crippen MR) is 82.4 cm³/mol. The summed E-state index contributed by atoms with van der Waals surface area (Å²) in [6.07, 6.45) is 2.00. The Morgan fingerprint density at radius 1 is 1.50 bits per heavy atom. The number of amidine groups is 1. The number of nitro groups is 1. The highest BCUT2D eigenvalue weighted by Gasteiger charge is 2.15. The third-order valence-electron chi connectivity index (χ3n) is 2.73. The third kappa shape index (κ3) is 4.53. The first-order valence-corrected chi connectivity index (χ1v) is 6.81. The van der Waals surface area contributed by atoms with Crippen LogP contribution in [0.2, 0.25) is 0 Å². The van der Waals surface area contributed by atoms with Gasteiger partial charge in [0.15, 0.2) is 0 Å². The molecule has 1 rings (SSSR count). The van der Waals surface area contributed by atoms with Crippen LogP contribution >= 0.6 is 0 Å². The number of hydrogen-bond donors (Lipinski definition) is 2. The van der Waals surface area contributed by atoms with Gasteiger partial charge < -0.3 is 11.1 Å². The highest BCUT2D eigenvalue weighted by Crippen LogP contribution is 2.25. The van der Waals surface area contributed by atoms with Crippen molar-refractivity contribution in [2.75, 3.05) is 11.9 Å². The fourth-order valence-electron chi connectivity index (χ4n) is 1.74. The van der Waals surface area contributed by atoms with Gasteiger partial charge in [-0.2, -0.15) is 0 Å². The molecule has 1 aromatic carbocycles. The summed E-state index contributed by atoms with van der Waals surface area (Å²) >= 11 is 0. The van der Waals surface area contributed by atoms with Crippen LogP contribution in [0.3, 0.4) is 0 Å². The van der Waals surface area contributed by atoms with Gasteiger partial charge in [0.05, 0.1) is 4.92 Å². The number of anilines is 1. The summed E-state index contributed by atoms with van der Waals surface area (Å²) in [6.45, 7) is 6.60. The van der Waals surface area contributed by atoms with Gasteiger partial charge >= 0.3 is 0 Å². The van der Waals surface area contributed by atoms with Crippen LogP contribution in [0, 0.1) is 10.1 Å². The van der Waals surface area contributed by atoms with E-state index in [1.54, 1.807) is 12.1 Å². The van der Waals surface area contributed by atoms with Crippen LogP contribution < -0.4 is 11.1 Å². The fraction of sp³-hybridized carbons (Fsp3) is 0.500. The maximum atomic E-state index is 11.1. The molecule has 6 nitrogen and oxygen atoms in total. The second-order valence-corrected chi connectivity index (χ2v) is 4.88. The summed E-state index contributed by atoms with van der Waals surface area (Å²) < 4.78 is 0. The minimum atomic E-state index is -0.402. The Labute approximate surface area is 119 Å². The zero-order valence-corrected chi connectivity index (χ0v) is 12.2. The van der Waals surface area contributed by atoms with E-state index in [2.05, 4.69) is 17.2 Å². The molecule has 0 saturated carbocycles. The molecule has 0 atom stereocenters. The van der Waals surface area contributed by atoms with Crippen molar-refractivity contribution in [3.63, 3.8) is 0 Å². The Hall–Kier alpha value is -2.11. The Kier molecular flexibility index (Phi) is 5.96. The monoisotopic (exact) mass is 278 g/mol. The maximum Gasteiger partial charge on any atom is 0.293 e. The van der Waals surface area contributed by atoms with E-state index < -0.39 is 4.92 Å². The Morgan fingerprint density at radius 3 is 2.75 bits per heavy atom. The first-order chi connectivity index (χ1) is 9.45. The van der Waals surface area contributed by atoms with E-state index in [1.165, 1.54) is 6.07 Å². The molecule has 110 valence electrons. The molecule has 0 aliphatic rings. The predicted octanol–water partition coefficient (Wildman–Crippen LogP) is 2.92. The lowest BCUT2D eigenvalue weighted by Crippen LogP contribution is -2.16. The Morgan fingerprint density at radius 2 is 2.20 bits per heavy atom. The smallest absolute Gasteiger partial charge is 0.293 e. The molecule has 0 spiro atoms. The number of nitrogens with one attached hydrogen (secondary N) is 1. The van der Waals surface area contributed by atoms with Crippen LogP contribution in [0.4, 0.5) is 11.4 Å². The molecule has 0 aliphatic heterocycles. The van der Waals surface area contributed by atoms with Crippen molar-refractivity contribution in [1.29, 1.82) is 0 Å². The van der Waals surface area contributed by atoms with Gasteiger partial charge in [-0.1, -0.05) is 13.3 Å². The molecule has 20 heavy (non-hydrogen) atoms. The molecular formula is C14H22N4O2. The summed E-state index contributed by atoms with van der Waals surface area (Å²) in [5.41, 5.74) is 6.97. The minimum absolute atomic E-state index is 0.0282. The Bertz CT molecular complexity index is 498. The summed E-state index contributed by atoms with van der Waals surface area (Å²) in [6, 6.07) is 4.96. The van der Waals surface area contributed by atoms with Gasteiger partial charge in [0, 0.05) is 24.2 Å². The quantitative estimate of drug-likeness (QED) is 0.263. The van der Waals surface area contributed by atoms with Gasteiger partial charge in [0.25, 0.3) is 5.69 Å². The largest absolute Gasteiger partial charge is 0.383 e. The number of nitrogens with zero attached hydrogens (tertiary/aromatic N) is 2. The third-order valence-corrected chi connectivity index (χ3v) is 2.73. The summed E-state index contributed by atoms with van der Waals surface area (Å²) in [4.78, 5) is 14.9.